The lowest BCUT2D eigenvalue weighted by Gasteiger charge is -2.39. The smallest absolute Gasteiger partial charge is 0.215 e. The van der Waals surface area contributed by atoms with Crippen molar-refractivity contribution in [3.05, 3.63) is 35.9 Å². The predicted molar refractivity (Wildman–Crippen MR) is 106 cm³/mol. The van der Waals surface area contributed by atoms with Crippen LogP contribution in [0.5, 0.6) is 0 Å². The number of benzene rings is 1. The Morgan fingerprint density at radius 2 is 1.74 bits per heavy atom. The van der Waals surface area contributed by atoms with E-state index in [-0.39, 0.29) is 17.0 Å². The van der Waals surface area contributed by atoms with Crippen molar-refractivity contribution in [2.45, 2.75) is 39.7 Å². The zero-order valence-electron chi connectivity index (χ0n) is 16.4. The molecule has 0 radical (unpaired) electrons. The summed E-state index contributed by atoms with van der Waals surface area (Å²) in [4.78, 5) is 15.0. The second kappa shape index (κ2) is 6.68. The molecule has 5 nitrogen and oxygen atoms in total. The van der Waals surface area contributed by atoms with E-state index in [9.17, 15) is 13.2 Å². The van der Waals surface area contributed by atoms with Gasteiger partial charge in [0.1, 0.15) is 5.78 Å². The highest BCUT2D eigenvalue weighted by Gasteiger charge is 2.65. The molecule has 2 aliphatic carbocycles. The number of carbonyl (C=O) groups excluding carboxylic acids is 1. The van der Waals surface area contributed by atoms with Crippen LogP contribution in [0.3, 0.4) is 0 Å². The maximum Gasteiger partial charge on any atom is 0.215 e. The minimum Gasteiger partial charge on any atom is -0.299 e. The van der Waals surface area contributed by atoms with E-state index in [1.807, 2.05) is 18.2 Å². The summed E-state index contributed by atoms with van der Waals surface area (Å²) in [7, 11) is -3.43. The first-order valence-corrected chi connectivity index (χ1v) is 11.6. The van der Waals surface area contributed by atoms with Crippen LogP contribution in [0.15, 0.2) is 30.3 Å². The Morgan fingerprint density at radius 3 is 2.30 bits per heavy atom. The lowest BCUT2D eigenvalue weighted by Crippen LogP contribution is -2.52. The molecule has 3 fully saturated rings. The number of rotatable bonds is 5. The average molecular weight is 391 g/mol. The molecule has 6 heteroatoms. The van der Waals surface area contributed by atoms with E-state index in [1.165, 1.54) is 5.56 Å². The van der Waals surface area contributed by atoms with Crippen molar-refractivity contribution >= 4 is 15.8 Å². The molecule has 0 aromatic heterocycles. The third-order valence-electron chi connectivity index (χ3n) is 7.54. The first-order chi connectivity index (χ1) is 12.7. The molecule has 0 unspecified atom stereocenters. The van der Waals surface area contributed by atoms with Gasteiger partial charge in [-0.1, -0.05) is 44.2 Å². The second-order valence-corrected chi connectivity index (χ2v) is 11.1. The van der Waals surface area contributed by atoms with Gasteiger partial charge in [0.25, 0.3) is 0 Å². The number of ketones is 1. The van der Waals surface area contributed by atoms with Gasteiger partial charge in [0, 0.05) is 44.6 Å². The Hall–Kier alpha value is -1.24. The van der Waals surface area contributed by atoms with Gasteiger partial charge in [-0.25, -0.2) is 8.42 Å². The van der Waals surface area contributed by atoms with Crippen molar-refractivity contribution < 1.29 is 13.2 Å². The summed E-state index contributed by atoms with van der Waals surface area (Å²) in [6.45, 7) is 7.56. The largest absolute Gasteiger partial charge is 0.299 e. The summed E-state index contributed by atoms with van der Waals surface area (Å²) < 4.78 is 28.0. The standard InChI is InChI=1S/C21H30N2O3S/c1-20(2)18-8-9-21(20,19(24)14-18)16-27(25,26)23-12-10-22(11-13-23)15-17-6-4-3-5-7-17/h3-7,18H,8-16H2,1-2H3/t18-,21-/m0/s1. The number of nitrogens with zero attached hydrogens (tertiary/aromatic N) is 2. The van der Waals surface area contributed by atoms with Crippen LogP contribution in [0, 0.1) is 16.7 Å². The van der Waals surface area contributed by atoms with Crippen molar-refractivity contribution in [3.8, 4) is 0 Å². The molecule has 3 aliphatic rings. The van der Waals surface area contributed by atoms with Gasteiger partial charge in [-0.15, -0.1) is 0 Å². The molecule has 0 spiro atoms. The van der Waals surface area contributed by atoms with E-state index in [0.717, 1.165) is 32.5 Å². The SMILES string of the molecule is CC1(C)[C@H]2CC[C@]1(CS(=O)(=O)N1CCN(Cc3ccccc3)CC1)C(=O)C2. The molecular formula is C21H30N2O3S. The topological polar surface area (TPSA) is 57.7 Å². The van der Waals surface area contributed by atoms with Crippen molar-refractivity contribution in [2.24, 2.45) is 16.7 Å². The van der Waals surface area contributed by atoms with Crippen LogP contribution in [0.25, 0.3) is 0 Å². The molecule has 2 bridgehead atoms. The zero-order chi connectivity index (χ0) is 19.3. The summed E-state index contributed by atoms with van der Waals surface area (Å²) in [6.07, 6.45) is 2.28. The molecule has 1 aliphatic heterocycles. The molecule has 0 amide bonds. The Labute approximate surface area is 162 Å². The maximum absolute atomic E-state index is 13.2. The van der Waals surface area contributed by atoms with E-state index in [0.29, 0.717) is 25.4 Å². The molecular weight excluding hydrogens is 360 g/mol. The fraction of sp³-hybridized carbons (Fsp3) is 0.667. The van der Waals surface area contributed by atoms with Crippen molar-refractivity contribution in [2.75, 3.05) is 31.9 Å². The minimum absolute atomic E-state index is 0.00101. The summed E-state index contributed by atoms with van der Waals surface area (Å²) in [6, 6.07) is 10.3. The molecule has 0 N–H and O–H groups in total. The summed E-state index contributed by atoms with van der Waals surface area (Å²) in [5.74, 6) is 0.527. The highest BCUT2D eigenvalue weighted by atomic mass is 32.2. The van der Waals surface area contributed by atoms with Gasteiger partial charge in [-0.2, -0.15) is 4.31 Å². The fourth-order valence-electron chi connectivity index (χ4n) is 5.52. The van der Waals surface area contributed by atoms with Crippen LogP contribution in [0.4, 0.5) is 0 Å². The van der Waals surface area contributed by atoms with Gasteiger partial charge in [0.05, 0.1) is 5.75 Å². The minimum atomic E-state index is -3.43. The molecule has 1 heterocycles. The number of fused-ring (bicyclic) bond motifs is 2. The third-order valence-corrected chi connectivity index (χ3v) is 9.55. The van der Waals surface area contributed by atoms with Crippen molar-refractivity contribution in [1.82, 2.24) is 9.21 Å². The van der Waals surface area contributed by atoms with Gasteiger partial charge >= 0.3 is 0 Å². The van der Waals surface area contributed by atoms with Gasteiger partial charge in [0.15, 0.2) is 0 Å². The molecule has 1 saturated heterocycles. The van der Waals surface area contributed by atoms with Crippen LogP contribution in [0.1, 0.15) is 38.7 Å². The normalized spacial score (nSPS) is 31.5. The van der Waals surface area contributed by atoms with Crippen molar-refractivity contribution in [1.29, 1.82) is 0 Å². The maximum atomic E-state index is 13.2. The van der Waals surface area contributed by atoms with Crippen LogP contribution >= 0.6 is 0 Å². The lowest BCUT2D eigenvalue weighted by molar-refractivity contribution is -0.128. The van der Waals surface area contributed by atoms with Crippen LogP contribution in [-0.4, -0.2) is 55.3 Å². The van der Waals surface area contributed by atoms with E-state index < -0.39 is 15.4 Å². The van der Waals surface area contributed by atoms with Gasteiger partial charge in [-0.3, -0.25) is 9.69 Å². The Bertz CT molecular complexity index is 813. The number of hydrogen-bond donors (Lipinski definition) is 0. The molecule has 148 valence electrons. The van der Waals surface area contributed by atoms with Gasteiger partial charge in [-0.05, 0) is 29.7 Å². The average Bonchev–Trinajstić information content (AvgIpc) is 2.97. The number of sulfonamides is 1. The van der Waals surface area contributed by atoms with Crippen LogP contribution in [-0.2, 0) is 21.4 Å². The van der Waals surface area contributed by atoms with E-state index in [2.05, 4.69) is 30.9 Å². The van der Waals surface area contributed by atoms with Crippen molar-refractivity contribution in [3.63, 3.8) is 0 Å². The molecule has 27 heavy (non-hydrogen) atoms. The number of Topliss-reactive ketones (excluding diaryl/α,β-unsaturated/α-hetero) is 1. The highest BCUT2D eigenvalue weighted by molar-refractivity contribution is 7.89. The quantitative estimate of drug-likeness (QED) is 0.775. The monoisotopic (exact) mass is 390 g/mol. The summed E-state index contributed by atoms with van der Waals surface area (Å²) >= 11 is 0. The molecule has 2 saturated carbocycles. The summed E-state index contributed by atoms with van der Waals surface area (Å²) in [5, 5.41) is 0. The zero-order valence-corrected chi connectivity index (χ0v) is 17.2. The first kappa shape index (κ1) is 19.1. The second-order valence-electron chi connectivity index (χ2n) is 9.08. The van der Waals surface area contributed by atoms with E-state index in [1.54, 1.807) is 4.31 Å². The first-order valence-electron chi connectivity index (χ1n) is 10.0. The predicted octanol–water partition coefficient (Wildman–Crippen LogP) is 2.53. The van der Waals surface area contributed by atoms with E-state index >= 15 is 0 Å². The van der Waals surface area contributed by atoms with Gasteiger partial charge in [0.2, 0.25) is 10.0 Å². The number of carbonyl (C=O) groups is 1. The summed E-state index contributed by atoms with van der Waals surface area (Å²) in [5.41, 5.74) is 0.382. The Balaban J connectivity index is 1.41. The number of piperazine rings is 1. The molecule has 2 atom stereocenters. The number of hydrogen-bond acceptors (Lipinski definition) is 4. The van der Waals surface area contributed by atoms with Gasteiger partial charge < -0.3 is 0 Å². The highest BCUT2D eigenvalue weighted by Crippen LogP contribution is 2.64. The lowest BCUT2D eigenvalue weighted by atomic mass is 9.70. The molecule has 4 rings (SSSR count). The fourth-order valence-corrected chi connectivity index (χ4v) is 7.72. The van der Waals surface area contributed by atoms with Crippen LogP contribution < -0.4 is 0 Å². The Kier molecular flexibility index (Phi) is 4.72. The molecule has 1 aromatic rings. The Morgan fingerprint density at radius 1 is 1.07 bits per heavy atom. The van der Waals surface area contributed by atoms with Crippen LogP contribution in [0.2, 0.25) is 0 Å². The third kappa shape index (κ3) is 3.15. The van der Waals surface area contributed by atoms with E-state index in [4.69, 9.17) is 0 Å². The molecule has 1 aromatic carbocycles.